The molecule has 0 N–H and O–H groups in total. The smallest absolute Gasteiger partial charge is 0.119 e. The van der Waals surface area contributed by atoms with E-state index in [1.165, 1.54) is 0 Å². The van der Waals surface area contributed by atoms with Crippen molar-refractivity contribution in [2.24, 2.45) is 0 Å². The third-order valence-electron chi connectivity index (χ3n) is 4.26. The van der Waals surface area contributed by atoms with Crippen LogP contribution in [-0.2, 0) is 0 Å². The predicted molar refractivity (Wildman–Crippen MR) is 104 cm³/mol. The summed E-state index contributed by atoms with van der Waals surface area (Å²) in [5.41, 5.74) is 5.12. The van der Waals surface area contributed by atoms with Gasteiger partial charge < -0.3 is 4.74 Å². The monoisotopic (exact) mass is 345 g/mol. The van der Waals surface area contributed by atoms with Crippen molar-refractivity contribution >= 4 is 22.5 Å². The number of aromatic nitrogens is 1. The summed E-state index contributed by atoms with van der Waals surface area (Å²) in [5, 5.41) is 1.85. The number of hydrogen-bond acceptors (Lipinski definition) is 2. The number of halogens is 1. The van der Waals surface area contributed by atoms with Crippen molar-refractivity contribution in [1.29, 1.82) is 0 Å². The lowest BCUT2D eigenvalue weighted by atomic mass is 9.96. The van der Waals surface area contributed by atoms with Crippen molar-refractivity contribution in [1.82, 2.24) is 4.98 Å². The average molecular weight is 346 g/mol. The number of benzene rings is 3. The fourth-order valence-corrected chi connectivity index (χ4v) is 3.09. The minimum Gasteiger partial charge on any atom is -0.497 e. The van der Waals surface area contributed by atoms with Gasteiger partial charge in [-0.3, -0.25) is 0 Å². The first-order valence-corrected chi connectivity index (χ1v) is 8.42. The van der Waals surface area contributed by atoms with Gasteiger partial charge >= 0.3 is 0 Å². The Kier molecular flexibility index (Phi) is 4.12. The van der Waals surface area contributed by atoms with Crippen molar-refractivity contribution in [2.45, 2.75) is 0 Å². The fourth-order valence-electron chi connectivity index (χ4n) is 2.96. The first-order chi connectivity index (χ1) is 12.2. The van der Waals surface area contributed by atoms with E-state index in [-0.39, 0.29) is 0 Å². The molecule has 122 valence electrons. The van der Waals surface area contributed by atoms with Crippen LogP contribution in [0.2, 0.25) is 5.02 Å². The molecule has 3 aromatic carbocycles. The molecular weight excluding hydrogens is 330 g/mol. The molecule has 4 aromatic rings. The molecule has 2 nitrogen and oxygen atoms in total. The molecule has 0 atom stereocenters. The lowest BCUT2D eigenvalue weighted by molar-refractivity contribution is 0.415. The van der Waals surface area contributed by atoms with E-state index in [0.717, 1.165) is 44.1 Å². The number of pyridine rings is 1. The number of nitrogens with zero attached hydrogens (tertiary/aromatic N) is 1. The second-order valence-electron chi connectivity index (χ2n) is 5.81. The Morgan fingerprint density at radius 1 is 0.800 bits per heavy atom. The Bertz CT molecular complexity index is 1040. The van der Waals surface area contributed by atoms with Crippen molar-refractivity contribution in [3.8, 4) is 28.1 Å². The van der Waals surface area contributed by atoms with Crippen molar-refractivity contribution < 1.29 is 4.74 Å². The molecule has 0 spiro atoms. The fraction of sp³-hybridized carbons (Fsp3) is 0.0455. The van der Waals surface area contributed by atoms with Crippen molar-refractivity contribution in [3.63, 3.8) is 0 Å². The highest BCUT2D eigenvalue weighted by molar-refractivity contribution is 6.30. The number of fused-ring (bicyclic) bond motifs is 1. The predicted octanol–water partition coefficient (Wildman–Crippen LogP) is 6.23. The van der Waals surface area contributed by atoms with E-state index in [4.69, 9.17) is 21.3 Å². The Morgan fingerprint density at radius 2 is 1.60 bits per heavy atom. The molecule has 0 aliphatic carbocycles. The first kappa shape index (κ1) is 15.7. The quantitative estimate of drug-likeness (QED) is 0.439. The van der Waals surface area contributed by atoms with E-state index >= 15 is 0 Å². The van der Waals surface area contributed by atoms with Crippen LogP contribution in [0.5, 0.6) is 5.75 Å². The molecule has 0 bridgehead atoms. The van der Waals surface area contributed by atoms with Gasteiger partial charge in [0, 0.05) is 16.0 Å². The minimum absolute atomic E-state index is 0.725. The number of methoxy groups -OCH3 is 1. The van der Waals surface area contributed by atoms with E-state index in [2.05, 4.69) is 24.3 Å². The highest BCUT2D eigenvalue weighted by Gasteiger charge is 2.11. The number of para-hydroxylation sites is 1. The third-order valence-corrected chi connectivity index (χ3v) is 4.51. The summed E-state index contributed by atoms with van der Waals surface area (Å²) >= 11 is 6.04. The Labute approximate surface area is 151 Å². The molecule has 0 aliphatic rings. The van der Waals surface area contributed by atoms with Crippen LogP contribution in [0.15, 0.2) is 78.9 Å². The van der Waals surface area contributed by atoms with Crippen LogP contribution in [-0.4, -0.2) is 12.1 Å². The standard InChI is InChI=1S/C22H16ClNO/c1-25-18-11-12-19(15-6-9-17(23)10-7-15)20(14-18)22-13-8-16-4-2-3-5-21(16)24-22/h2-14H,1H3. The SMILES string of the molecule is COc1ccc(-c2ccc(Cl)cc2)c(-c2ccc3ccccc3n2)c1. The van der Waals surface area contributed by atoms with Crippen LogP contribution in [0.25, 0.3) is 33.3 Å². The Balaban J connectivity index is 1.92. The van der Waals surface area contributed by atoms with Gasteiger partial charge in [0.1, 0.15) is 5.75 Å². The topological polar surface area (TPSA) is 22.1 Å². The molecule has 25 heavy (non-hydrogen) atoms. The number of hydrogen-bond donors (Lipinski definition) is 0. The summed E-state index contributed by atoms with van der Waals surface area (Å²) in [4.78, 5) is 4.84. The second kappa shape index (κ2) is 6.58. The van der Waals surface area contributed by atoms with Gasteiger partial charge in [0.15, 0.2) is 0 Å². The van der Waals surface area contributed by atoms with Gasteiger partial charge in [-0.2, -0.15) is 0 Å². The zero-order chi connectivity index (χ0) is 17.2. The zero-order valence-corrected chi connectivity index (χ0v) is 14.5. The summed E-state index contributed by atoms with van der Waals surface area (Å²) in [6.45, 7) is 0. The van der Waals surface area contributed by atoms with Crippen LogP contribution in [0.4, 0.5) is 0 Å². The molecule has 0 aliphatic heterocycles. The lowest BCUT2D eigenvalue weighted by Crippen LogP contribution is -1.91. The highest BCUT2D eigenvalue weighted by atomic mass is 35.5. The number of rotatable bonds is 3. The maximum Gasteiger partial charge on any atom is 0.119 e. The van der Waals surface area contributed by atoms with Gasteiger partial charge in [0.05, 0.1) is 18.3 Å². The van der Waals surface area contributed by atoms with Gasteiger partial charge in [0.25, 0.3) is 0 Å². The van der Waals surface area contributed by atoms with Gasteiger partial charge in [-0.25, -0.2) is 4.98 Å². The van der Waals surface area contributed by atoms with Gasteiger partial charge in [-0.05, 0) is 47.5 Å². The maximum absolute atomic E-state index is 6.04. The van der Waals surface area contributed by atoms with Gasteiger partial charge in [-0.15, -0.1) is 0 Å². The lowest BCUT2D eigenvalue weighted by Gasteiger charge is -2.12. The molecule has 4 rings (SSSR count). The molecule has 0 saturated carbocycles. The molecule has 1 aromatic heterocycles. The molecule has 0 amide bonds. The van der Waals surface area contributed by atoms with Crippen LogP contribution in [0, 0.1) is 0 Å². The largest absolute Gasteiger partial charge is 0.497 e. The van der Waals surface area contributed by atoms with Crippen LogP contribution in [0.3, 0.4) is 0 Å². The van der Waals surface area contributed by atoms with E-state index in [1.807, 2.05) is 54.6 Å². The Hall–Kier alpha value is -2.84. The molecule has 0 unspecified atom stereocenters. The van der Waals surface area contributed by atoms with Crippen molar-refractivity contribution in [2.75, 3.05) is 7.11 Å². The van der Waals surface area contributed by atoms with Gasteiger partial charge in [0.2, 0.25) is 0 Å². The summed E-state index contributed by atoms with van der Waals surface area (Å²) in [6.07, 6.45) is 0. The summed E-state index contributed by atoms with van der Waals surface area (Å²) in [6, 6.07) is 26.2. The summed E-state index contributed by atoms with van der Waals surface area (Å²) < 4.78 is 5.42. The van der Waals surface area contributed by atoms with Gasteiger partial charge in [-0.1, -0.05) is 54.1 Å². The van der Waals surface area contributed by atoms with E-state index < -0.39 is 0 Å². The highest BCUT2D eigenvalue weighted by Crippen LogP contribution is 2.35. The summed E-state index contributed by atoms with van der Waals surface area (Å²) in [7, 11) is 1.68. The maximum atomic E-state index is 6.04. The molecule has 0 radical (unpaired) electrons. The zero-order valence-electron chi connectivity index (χ0n) is 13.7. The van der Waals surface area contributed by atoms with E-state index in [1.54, 1.807) is 7.11 Å². The third kappa shape index (κ3) is 3.09. The first-order valence-electron chi connectivity index (χ1n) is 8.05. The molecule has 0 fully saturated rings. The molecule has 0 saturated heterocycles. The normalized spacial score (nSPS) is 10.8. The van der Waals surface area contributed by atoms with Crippen molar-refractivity contribution in [3.05, 3.63) is 83.9 Å². The number of ether oxygens (including phenoxy) is 1. The summed E-state index contributed by atoms with van der Waals surface area (Å²) in [5.74, 6) is 0.808. The Morgan fingerprint density at radius 3 is 2.40 bits per heavy atom. The van der Waals surface area contributed by atoms with E-state index in [9.17, 15) is 0 Å². The van der Waals surface area contributed by atoms with E-state index in [0.29, 0.717) is 0 Å². The average Bonchev–Trinajstić information content (AvgIpc) is 2.68. The molecular formula is C22H16ClNO. The van der Waals surface area contributed by atoms with Crippen LogP contribution < -0.4 is 4.74 Å². The molecule has 1 heterocycles. The minimum atomic E-state index is 0.725. The molecule has 3 heteroatoms. The van der Waals surface area contributed by atoms with Crippen LogP contribution in [0.1, 0.15) is 0 Å². The second-order valence-corrected chi connectivity index (χ2v) is 6.24. The van der Waals surface area contributed by atoms with Crippen LogP contribution >= 0.6 is 11.6 Å².